The maximum absolute atomic E-state index is 12.7. The summed E-state index contributed by atoms with van der Waals surface area (Å²) in [6.45, 7) is 6.37. The van der Waals surface area contributed by atoms with Crippen molar-refractivity contribution >= 4 is 27.7 Å². The zero-order chi connectivity index (χ0) is 15.6. The first-order valence-electron chi connectivity index (χ1n) is 7.22. The van der Waals surface area contributed by atoms with E-state index in [-0.39, 0.29) is 23.8 Å². The van der Waals surface area contributed by atoms with E-state index < -0.39 is 6.04 Å². The Kier molecular flexibility index (Phi) is 5.04. The molecular formula is C16H21BrN2O2. The van der Waals surface area contributed by atoms with Gasteiger partial charge in [0, 0.05) is 23.5 Å². The van der Waals surface area contributed by atoms with Gasteiger partial charge in [-0.2, -0.15) is 0 Å². The van der Waals surface area contributed by atoms with Crippen molar-refractivity contribution in [1.82, 2.24) is 10.2 Å². The minimum Gasteiger partial charge on any atom is -0.344 e. The molecule has 0 saturated carbocycles. The fourth-order valence-corrected chi connectivity index (χ4v) is 2.80. The Balaban J connectivity index is 2.23. The van der Waals surface area contributed by atoms with Crippen molar-refractivity contribution in [2.75, 3.05) is 0 Å². The fourth-order valence-electron chi connectivity index (χ4n) is 2.54. The molecule has 1 aliphatic heterocycles. The van der Waals surface area contributed by atoms with Crippen LogP contribution in [0.2, 0.25) is 0 Å². The predicted octanol–water partition coefficient (Wildman–Crippen LogP) is 2.71. The standard InChI is InChI=1S/C16H21BrN2O2/c1-10(2)15-16(21)19(11(3)8-14(20)18-15)9-12-4-6-13(17)7-5-12/h4-7,10-11,15H,8-9H2,1-3H3,(H,18,20). The Morgan fingerprint density at radius 2 is 1.90 bits per heavy atom. The number of halogens is 1. The molecule has 0 aromatic heterocycles. The second-order valence-corrected chi connectivity index (χ2v) is 6.85. The number of hydrogen-bond acceptors (Lipinski definition) is 2. The van der Waals surface area contributed by atoms with Gasteiger partial charge in [0.25, 0.3) is 0 Å². The van der Waals surface area contributed by atoms with Gasteiger partial charge in [0.05, 0.1) is 0 Å². The summed E-state index contributed by atoms with van der Waals surface area (Å²) >= 11 is 3.41. The van der Waals surface area contributed by atoms with Gasteiger partial charge in [0.2, 0.25) is 11.8 Å². The van der Waals surface area contributed by atoms with Crippen molar-refractivity contribution in [1.29, 1.82) is 0 Å². The molecule has 0 aliphatic carbocycles. The molecule has 21 heavy (non-hydrogen) atoms. The Morgan fingerprint density at radius 3 is 2.48 bits per heavy atom. The van der Waals surface area contributed by atoms with E-state index in [1.54, 1.807) is 0 Å². The van der Waals surface area contributed by atoms with Crippen LogP contribution in [0.3, 0.4) is 0 Å². The Hall–Kier alpha value is -1.36. The number of hydrogen-bond donors (Lipinski definition) is 1. The lowest BCUT2D eigenvalue weighted by molar-refractivity contribution is -0.136. The van der Waals surface area contributed by atoms with Crippen molar-refractivity contribution < 1.29 is 9.59 Å². The maximum Gasteiger partial charge on any atom is 0.245 e. The molecular weight excluding hydrogens is 332 g/mol. The van der Waals surface area contributed by atoms with Gasteiger partial charge >= 0.3 is 0 Å². The zero-order valence-corrected chi connectivity index (χ0v) is 14.2. The molecule has 2 unspecified atom stereocenters. The maximum atomic E-state index is 12.7. The van der Waals surface area contributed by atoms with Gasteiger partial charge in [-0.3, -0.25) is 9.59 Å². The molecule has 1 saturated heterocycles. The minimum absolute atomic E-state index is 0.00580. The van der Waals surface area contributed by atoms with Gasteiger partial charge in [0.1, 0.15) is 6.04 Å². The second kappa shape index (κ2) is 6.60. The van der Waals surface area contributed by atoms with E-state index in [1.807, 2.05) is 49.9 Å². The molecule has 1 aromatic carbocycles. The summed E-state index contributed by atoms with van der Waals surface area (Å²) in [6, 6.07) is 7.39. The van der Waals surface area contributed by atoms with Crippen LogP contribution >= 0.6 is 15.9 Å². The van der Waals surface area contributed by atoms with E-state index in [9.17, 15) is 9.59 Å². The Morgan fingerprint density at radius 1 is 1.29 bits per heavy atom. The number of carbonyl (C=O) groups is 2. The SMILES string of the molecule is CC(C)C1NC(=O)CC(C)N(Cc2ccc(Br)cc2)C1=O. The van der Waals surface area contributed by atoms with Crippen LogP contribution in [-0.4, -0.2) is 28.8 Å². The lowest BCUT2D eigenvalue weighted by atomic mass is 10.0. The van der Waals surface area contributed by atoms with E-state index in [2.05, 4.69) is 21.2 Å². The molecule has 2 rings (SSSR count). The molecule has 1 aliphatic rings. The summed E-state index contributed by atoms with van der Waals surface area (Å²) in [5, 5.41) is 2.85. The van der Waals surface area contributed by atoms with Crippen molar-refractivity contribution in [2.45, 2.75) is 45.8 Å². The summed E-state index contributed by atoms with van der Waals surface area (Å²) in [4.78, 5) is 26.4. The van der Waals surface area contributed by atoms with E-state index in [4.69, 9.17) is 0 Å². The van der Waals surface area contributed by atoms with Crippen LogP contribution in [0.4, 0.5) is 0 Å². The van der Waals surface area contributed by atoms with E-state index in [0.29, 0.717) is 13.0 Å². The molecule has 5 heteroatoms. The summed E-state index contributed by atoms with van der Waals surface area (Å²) in [5.41, 5.74) is 1.07. The molecule has 2 atom stereocenters. The van der Waals surface area contributed by atoms with Crippen molar-refractivity contribution in [2.24, 2.45) is 5.92 Å². The normalized spacial score (nSPS) is 23.2. The van der Waals surface area contributed by atoms with Crippen LogP contribution in [0.25, 0.3) is 0 Å². The minimum atomic E-state index is -0.433. The highest BCUT2D eigenvalue weighted by atomic mass is 79.9. The monoisotopic (exact) mass is 352 g/mol. The average molecular weight is 353 g/mol. The highest BCUT2D eigenvalue weighted by molar-refractivity contribution is 9.10. The van der Waals surface area contributed by atoms with Gasteiger partial charge in [-0.05, 0) is 30.5 Å². The number of rotatable bonds is 3. The molecule has 0 spiro atoms. The predicted molar refractivity (Wildman–Crippen MR) is 85.5 cm³/mol. The summed E-state index contributed by atoms with van der Waals surface area (Å²) in [6.07, 6.45) is 0.353. The molecule has 1 N–H and O–H groups in total. The summed E-state index contributed by atoms with van der Waals surface area (Å²) in [5.74, 6) is 0.0401. The summed E-state index contributed by atoms with van der Waals surface area (Å²) < 4.78 is 1.01. The van der Waals surface area contributed by atoms with E-state index in [1.165, 1.54) is 0 Å². The number of nitrogens with one attached hydrogen (secondary N) is 1. The molecule has 1 fully saturated rings. The molecule has 1 heterocycles. The Labute approximate surface area is 134 Å². The zero-order valence-electron chi connectivity index (χ0n) is 12.6. The van der Waals surface area contributed by atoms with Crippen LogP contribution in [0, 0.1) is 5.92 Å². The third kappa shape index (κ3) is 3.84. The van der Waals surface area contributed by atoms with Crippen LogP contribution in [0.5, 0.6) is 0 Å². The first-order chi connectivity index (χ1) is 9.88. The number of amides is 2. The largest absolute Gasteiger partial charge is 0.344 e. The second-order valence-electron chi connectivity index (χ2n) is 5.93. The molecule has 114 valence electrons. The Bertz CT molecular complexity index is 528. The lowest BCUT2D eigenvalue weighted by Gasteiger charge is -2.30. The van der Waals surface area contributed by atoms with Crippen LogP contribution < -0.4 is 5.32 Å². The van der Waals surface area contributed by atoms with Gasteiger partial charge in [-0.1, -0.05) is 41.9 Å². The summed E-state index contributed by atoms with van der Waals surface area (Å²) in [7, 11) is 0. The number of nitrogens with zero attached hydrogens (tertiary/aromatic N) is 1. The molecule has 0 bridgehead atoms. The highest BCUT2D eigenvalue weighted by Crippen LogP contribution is 2.19. The van der Waals surface area contributed by atoms with E-state index >= 15 is 0 Å². The van der Waals surface area contributed by atoms with E-state index in [0.717, 1.165) is 10.0 Å². The smallest absolute Gasteiger partial charge is 0.245 e. The number of carbonyl (C=O) groups excluding carboxylic acids is 2. The van der Waals surface area contributed by atoms with Gasteiger partial charge in [-0.15, -0.1) is 0 Å². The van der Waals surface area contributed by atoms with Gasteiger partial charge in [0.15, 0.2) is 0 Å². The molecule has 0 radical (unpaired) electrons. The fraction of sp³-hybridized carbons (Fsp3) is 0.500. The average Bonchev–Trinajstić information content (AvgIpc) is 2.52. The first kappa shape index (κ1) is 16.0. The third-order valence-electron chi connectivity index (χ3n) is 3.81. The quantitative estimate of drug-likeness (QED) is 0.908. The van der Waals surface area contributed by atoms with Crippen molar-refractivity contribution in [3.63, 3.8) is 0 Å². The highest BCUT2D eigenvalue weighted by Gasteiger charge is 2.35. The third-order valence-corrected chi connectivity index (χ3v) is 4.34. The van der Waals surface area contributed by atoms with Gasteiger partial charge < -0.3 is 10.2 Å². The molecule has 4 nitrogen and oxygen atoms in total. The number of benzene rings is 1. The van der Waals surface area contributed by atoms with Crippen LogP contribution in [0.1, 0.15) is 32.8 Å². The molecule has 2 amide bonds. The van der Waals surface area contributed by atoms with Crippen molar-refractivity contribution in [3.05, 3.63) is 34.3 Å². The van der Waals surface area contributed by atoms with Crippen LogP contribution in [0.15, 0.2) is 28.7 Å². The first-order valence-corrected chi connectivity index (χ1v) is 8.02. The topological polar surface area (TPSA) is 49.4 Å². The lowest BCUT2D eigenvalue weighted by Crippen LogP contribution is -2.48. The van der Waals surface area contributed by atoms with Gasteiger partial charge in [-0.25, -0.2) is 0 Å². The van der Waals surface area contributed by atoms with Crippen LogP contribution in [-0.2, 0) is 16.1 Å². The molecule has 1 aromatic rings. The van der Waals surface area contributed by atoms with Crippen molar-refractivity contribution in [3.8, 4) is 0 Å².